The number of carbonyl (C=O) groups excluding carboxylic acids is 1. The van der Waals surface area contributed by atoms with E-state index in [9.17, 15) is 4.79 Å². The van der Waals surface area contributed by atoms with Crippen molar-refractivity contribution in [2.45, 2.75) is 25.2 Å². The summed E-state index contributed by atoms with van der Waals surface area (Å²) in [4.78, 5) is 20.4. The van der Waals surface area contributed by atoms with Crippen LogP contribution in [-0.4, -0.2) is 64.5 Å². The molecule has 0 bridgehead atoms. The molecule has 8 heteroatoms. The number of aliphatic hydroxyl groups excluding tert-OH is 1. The van der Waals surface area contributed by atoms with E-state index in [0.717, 1.165) is 55.9 Å². The molecule has 0 spiro atoms. The highest BCUT2D eigenvalue weighted by atomic mass is 32.1. The van der Waals surface area contributed by atoms with E-state index in [1.807, 2.05) is 24.0 Å². The minimum atomic E-state index is -1.27. The predicted molar refractivity (Wildman–Crippen MR) is 135 cm³/mol. The fraction of sp³-hybridized carbons (Fsp3) is 0.308. The highest BCUT2D eigenvalue weighted by molar-refractivity contribution is 7.21. The molecule has 2 aromatic heterocycles. The fourth-order valence-corrected chi connectivity index (χ4v) is 6.07. The Morgan fingerprint density at radius 3 is 2.68 bits per heavy atom. The summed E-state index contributed by atoms with van der Waals surface area (Å²) in [7, 11) is 0. The molecule has 174 valence electrons. The lowest BCUT2D eigenvalue weighted by Crippen LogP contribution is -2.48. The average molecular weight is 475 g/mol. The van der Waals surface area contributed by atoms with Crippen LogP contribution in [0.2, 0.25) is 0 Å². The number of hydrogen-bond donors (Lipinski definition) is 4. The summed E-state index contributed by atoms with van der Waals surface area (Å²) in [6.07, 6.45) is -1.27. The molecule has 4 N–H and O–H groups in total. The van der Waals surface area contributed by atoms with Crippen molar-refractivity contribution in [2.75, 3.05) is 31.5 Å². The molecule has 2 aliphatic heterocycles. The summed E-state index contributed by atoms with van der Waals surface area (Å²) in [5.74, 6) is 0.403. The van der Waals surface area contributed by atoms with E-state index in [4.69, 9.17) is 15.2 Å². The van der Waals surface area contributed by atoms with Crippen LogP contribution in [0.25, 0.3) is 32.2 Å². The fourth-order valence-electron chi connectivity index (χ4n) is 4.97. The van der Waals surface area contributed by atoms with Crippen molar-refractivity contribution in [3.8, 4) is 11.3 Å². The third-order valence-corrected chi connectivity index (χ3v) is 7.90. The molecule has 4 heterocycles. The SMILES string of the molecule is C[C@@H]1CNc2c(sc3ccc4nc(-c5ccc(C6CN(CC(O)O)C6)cc5)ccc4c23)C(=O)N1. The van der Waals surface area contributed by atoms with Gasteiger partial charge in [0, 0.05) is 59.2 Å². The molecule has 1 saturated heterocycles. The zero-order chi connectivity index (χ0) is 23.4. The van der Waals surface area contributed by atoms with Crippen molar-refractivity contribution < 1.29 is 15.0 Å². The normalized spacial score (nSPS) is 19.1. The molecule has 2 aromatic carbocycles. The van der Waals surface area contributed by atoms with Gasteiger partial charge in [-0.3, -0.25) is 9.69 Å². The third-order valence-electron chi connectivity index (χ3n) is 6.75. The number of fused-ring (bicyclic) bond motifs is 5. The summed E-state index contributed by atoms with van der Waals surface area (Å²) in [5.41, 5.74) is 5.05. The van der Waals surface area contributed by atoms with E-state index >= 15 is 0 Å². The second-order valence-electron chi connectivity index (χ2n) is 9.28. The first-order chi connectivity index (χ1) is 16.5. The van der Waals surface area contributed by atoms with E-state index < -0.39 is 6.29 Å². The zero-order valence-corrected chi connectivity index (χ0v) is 19.6. The number of β-amino-alcohol motifs (C(OH)–C–C–N with tert-alkyl or cyclic N) is 2. The van der Waals surface area contributed by atoms with Crippen LogP contribution in [0.1, 0.15) is 28.1 Å². The number of carbonyl (C=O) groups is 1. The number of pyridine rings is 1. The molecule has 1 fully saturated rings. The number of anilines is 1. The minimum Gasteiger partial charge on any atom is -0.381 e. The maximum atomic E-state index is 12.6. The molecule has 0 aliphatic carbocycles. The van der Waals surface area contributed by atoms with Crippen LogP contribution in [0.5, 0.6) is 0 Å². The van der Waals surface area contributed by atoms with E-state index in [1.165, 1.54) is 16.9 Å². The van der Waals surface area contributed by atoms with E-state index in [2.05, 4.69) is 47.0 Å². The number of nitrogens with zero attached hydrogens (tertiary/aromatic N) is 2. The Balaban J connectivity index is 1.30. The topological polar surface area (TPSA) is 97.7 Å². The van der Waals surface area contributed by atoms with Gasteiger partial charge in [0.15, 0.2) is 6.29 Å². The average Bonchev–Trinajstić information content (AvgIpc) is 3.12. The van der Waals surface area contributed by atoms with Crippen LogP contribution in [0, 0.1) is 0 Å². The maximum Gasteiger partial charge on any atom is 0.263 e. The number of likely N-dealkylation sites (tertiary alicyclic amines) is 1. The summed E-state index contributed by atoms with van der Waals surface area (Å²) >= 11 is 1.52. The van der Waals surface area contributed by atoms with Gasteiger partial charge < -0.3 is 20.8 Å². The first kappa shape index (κ1) is 21.5. The van der Waals surface area contributed by atoms with Crippen molar-refractivity contribution in [3.05, 3.63) is 59.0 Å². The number of amides is 1. The van der Waals surface area contributed by atoms with Crippen molar-refractivity contribution in [1.82, 2.24) is 15.2 Å². The van der Waals surface area contributed by atoms with Gasteiger partial charge in [0.25, 0.3) is 5.91 Å². The molecule has 6 rings (SSSR count). The van der Waals surface area contributed by atoms with E-state index in [1.54, 1.807) is 0 Å². The Bertz CT molecular complexity index is 1390. The lowest BCUT2D eigenvalue weighted by molar-refractivity contribution is -0.0741. The van der Waals surface area contributed by atoms with Crippen LogP contribution in [-0.2, 0) is 0 Å². The molecular weight excluding hydrogens is 448 g/mol. The first-order valence-corrected chi connectivity index (χ1v) is 12.4. The van der Waals surface area contributed by atoms with Gasteiger partial charge in [-0.15, -0.1) is 11.3 Å². The van der Waals surface area contributed by atoms with Gasteiger partial charge >= 0.3 is 0 Å². The van der Waals surface area contributed by atoms with Gasteiger partial charge in [0.2, 0.25) is 0 Å². The van der Waals surface area contributed by atoms with Gasteiger partial charge in [-0.05, 0) is 36.8 Å². The predicted octanol–water partition coefficient (Wildman–Crippen LogP) is 3.37. The van der Waals surface area contributed by atoms with Crippen LogP contribution < -0.4 is 10.6 Å². The maximum absolute atomic E-state index is 12.6. The Kier molecular flexibility index (Phi) is 5.26. The largest absolute Gasteiger partial charge is 0.381 e. The molecule has 4 aromatic rings. The van der Waals surface area contributed by atoms with Crippen LogP contribution >= 0.6 is 11.3 Å². The lowest BCUT2D eigenvalue weighted by atomic mass is 9.90. The van der Waals surface area contributed by atoms with Crippen LogP contribution in [0.15, 0.2) is 48.5 Å². The van der Waals surface area contributed by atoms with Gasteiger partial charge in [0.05, 0.1) is 16.9 Å². The second kappa shape index (κ2) is 8.32. The molecule has 34 heavy (non-hydrogen) atoms. The third kappa shape index (κ3) is 3.73. The Morgan fingerprint density at radius 2 is 1.91 bits per heavy atom. The lowest BCUT2D eigenvalue weighted by Gasteiger charge is -2.39. The number of hydrogen-bond acceptors (Lipinski definition) is 7. The number of benzene rings is 2. The van der Waals surface area contributed by atoms with Gasteiger partial charge in [-0.25, -0.2) is 4.98 Å². The van der Waals surface area contributed by atoms with E-state index in [-0.39, 0.29) is 11.9 Å². The minimum absolute atomic E-state index is 0.0198. The summed E-state index contributed by atoms with van der Waals surface area (Å²) in [5, 5.41) is 26.8. The smallest absolute Gasteiger partial charge is 0.263 e. The van der Waals surface area contributed by atoms with Crippen molar-refractivity contribution in [2.24, 2.45) is 0 Å². The monoisotopic (exact) mass is 474 g/mol. The number of aromatic nitrogens is 1. The number of thiophene rings is 1. The molecular formula is C26H26N4O3S. The van der Waals surface area contributed by atoms with Crippen LogP contribution in [0.4, 0.5) is 5.69 Å². The molecule has 1 atom stereocenters. The molecule has 7 nitrogen and oxygen atoms in total. The quantitative estimate of drug-likeness (QED) is 0.339. The van der Waals surface area contributed by atoms with E-state index in [0.29, 0.717) is 19.0 Å². The summed E-state index contributed by atoms with van der Waals surface area (Å²) in [6.45, 7) is 4.68. The molecule has 0 unspecified atom stereocenters. The summed E-state index contributed by atoms with van der Waals surface area (Å²) < 4.78 is 1.08. The van der Waals surface area contributed by atoms with Gasteiger partial charge in [-0.1, -0.05) is 24.3 Å². The van der Waals surface area contributed by atoms with Gasteiger partial charge in [-0.2, -0.15) is 0 Å². The number of aliphatic hydroxyl groups is 2. The molecule has 1 amide bonds. The molecule has 2 aliphatic rings. The van der Waals surface area contributed by atoms with Crippen LogP contribution in [0.3, 0.4) is 0 Å². The highest BCUT2D eigenvalue weighted by Gasteiger charge is 2.29. The second-order valence-corrected chi connectivity index (χ2v) is 10.3. The molecule has 0 saturated carbocycles. The first-order valence-electron chi connectivity index (χ1n) is 11.6. The van der Waals surface area contributed by atoms with Crippen molar-refractivity contribution >= 4 is 43.9 Å². The van der Waals surface area contributed by atoms with Crippen molar-refractivity contribution in [1.29, 1.82) is 0 Å². The van der Waals surface area contributed by atoms with Gasteiger partial charge in [0.1, 0.15) is 4.88 Å². The number of nitrogens with one attached hydrogen (secondary N) is 2. The zero-order valence-electron chi connectivity index (χ0n) is 18.8. The Morgan fingerprint density at radius 1 is 1.12 bits per heavy atom. The number of rotatable bonds is 4. The Hall–Kier alpha value is -3.04. The molecule has 0 radical (unpaired) electrons. The summed E-state index contributed by atoms with van der Waals surface area (Å²) in [6, 6.07) is 16.8. The van der Waals surface area contributed by atoms with Crippen molar-refractivity contribution in [3.63, 3.8) is 0 Å². The highest BCUT2D eigenvalue weighted by Crippen LogP contribution is 2.41. The standard InChI is InChI=1S/C26H26N4O3S/c1-14-10-27-24-23-18-6-7-19(29-20(18)8-9-21(23)34-25(24)26(33)28-14)16-4-2-15(3-5-16)17-11-30(12-17)13-22(31)32/h2-9,14,17,22,27,31-32H,10-13H2,1H3,(H,28,33)/t14-/m1/s1. The Labute approximate surface area is 201 Å².